The summed E-state index contributed by atoms with van der Waals surface area (Å²) in [6.07, 6.45) is 1.82. The Morgan fingerprint density at radius 1 is 1.17 bits per heavy atom. The minimum absolute atomic E-state index is 0.575. The minimum atomic E-state index is 0.575. The predicted molar refractivity (Wildman–Crippen MR) is 78.1 cm³/mol. The topological polar surface area (TPSA) is 51.8 Å². The smallest absolute Gasteiger partial charge is 0.180 e. The number of aromatic nitrogens is 2. The van der Waals surface area contributed by atoms with E-state index in [0.29, 0.717) is 5.13 Å². The van der Waals surface area contributed by atoms with Crippen LogP contribution in [0.15, 0.2) is 35.8 Å². The average Bonchev–Trinajstić information content (AvgIpc) is 2.98. The number of anilines is 1. The Morgan fingerprint density at radius 3 is 2.61 bits per heavy atom. The molecule has 0 spiro atoms. The monoisotopic (exact) mass is 293 g/mol. The highest BCUT2D eigenvalue weighted by atomic mass is 35.5. The molecule has 0 unspecified atom stereocenters. The summed E-state index contributed by atoms with van der Waals surface area (Å²) >= 11 is 8.89. The highest BCUT2D eigenvalue weighted by Gasteiger charge is 2.09. The molecule has 0 aliphatic heterocycles. The molecule has 90 valence electrons. The second kappa shape index (κ2) is 4.68. The average molecular weight is 294 g/mol. The third kappa shape index (κ3) is 2.25. The zero-order valence-corrected chi connectivity index (χ0v) is 11.5. The molecule has 6 heteroatoms. The molecule has 3 nitrogen and oxygen atoms in total. The van der Waals surface area contributed by atoms with Gasteiger partial charge in [0, 0.05) is 22.2 Å². The van der Waals surface area contributed by atoms with Crippen LogP contribution in [-0.4, -0.2) is 9.97 Å². The van der Waals surface area contributed by atoms with Crippen molar-refractivity contribution in [3.8, 4) is 21.1 Å². The zero-order chi connectivity index (χ0) is 12.5. The lowest BCUT2D eigenvalue weighted by Crippen LogP contribution is -1.80. The van der Waals surface area contributed by atoms with E-state index in [1.54, 1.807) is 11.3 Å². The first-order chi connectivity index (χ1) is 8.72. The van der Waals surface area contributed by atoms with Crippen LogP contribution in [0.1, 0.15) is 0 Å². The van der Waals surface area contributed by atoms with Crippen molar-refractivity contribution in [2.24, 2.45) is 0 Å². The summed E-state index contributed by atoms with van der Waals surface area (Å²) in [5.74, 6) is 0. The molecule has 18 heavy (non-hydrogen) atoms. The molecule has 1 aromatic carbocycles. The largest absolute Gasteiger partial charge is 0.375 e. The van der Waals surface area contributed by atoms with Crippen LogP contribution in [0.2, 0.25) is 5.02 Å². The van der Waals surface area contributed by atoms with Crippen molar-refractivity contribution in [3.63, 3.8) is 0 Å². The maximum atomic E-state index is 5.86. The van der Waals surface area contributed by atoms with E-state index in [-0.39, 0.29) is 0 Å². The fraction of sp³-hybridized carbons (Fsp3) is 0. The molecule has 0 saturated carbocycles. The van der Waals surface area contributed by atoms with Crippen molar-refractivity contribution in [1.29, 1.82) is 0 Å². The van der Waals surface area contributed by atoms with Crippen LogP contribution < -0.4 is 5.73 Å². The first-order valence-electron chi connectivity index (χ1n) is 5.15. The Morgan fingerprint density at radius 2 is 1.94 bits per heavy atom. The highest BCUT2D eigenvalue weighted by Crippen LogP contribution is 2.33. The third-order valence-corrected chi connectivity index (χ3v) is 4.37. The molecule has 0 radical (unpaired) electrons. The molecule has 0 aliphatic carbocycles. The summed E-state index contributed by atoms with van der Waals surface area (Å²) in [6.45, 7) is 0. The maximum absolute atomic E-state index is 5.86. The van der Waals surface area contributed by atoms with Gasteiger partial charge in [0.05, 0.1) is 10.6 Å². The molecule has 2 heterocycles. The van der Waals surface area contributed by atoms with Gasteiger partial charge in [-0.25, -0.2) is 9.97 Å². The normalized spacial score (nSPS) is 10.7. The molecule has 0 amide bonds. The van der Waals surface area contributed by atoms with Gasteiger partial charge in [-0.3, -0.25) is 0 Å². The van der Waals surface area contributed by atoms with Gasteiger partial charge in [0.2, 0.25) is 0 Å². The Hall–Kier alpha value is -1.43. The Bertz CT molecular complexity index is 673. The quantitative estimate of drug-likeness (QED) is 0.771. The summed E-state index contributed by atoms with van der Waals surface area (Å²) in [5.41, 5.74) is 7.57. The molecule has 2 N–H and O–H groups in total. The number of nitrogens with two attached hydrogens (primary N) is 1. The van der Waals surface area contributed by atoms with E-state index in [1.807, 2.05) is 35.8 Å². The first-order valence-corrected chi connectivity index (χ1v) is 7.23. The van der Waals surface area contributed by atoms with Crippen molar-refractivity contribution in [2.45, 2.75) is 0 Å². The van der Waals surface area contributed by atoms with Crippen molar-refractivity contribution < 1.29 is 0 Å². The molecule has 3 rings (SSSR count). The molecular weight excluding hydrogens is 286 g/mol. The van der Waals surface area contributed by atoms with E-state index in [9.17, 15) is 0 Å². The van der Waals surface area contributed by atoms with Crippen molar-refractivity contribution >= 4 is 39.4 Å². The van der Waals surface area contributed by atoms with Crippen LogP contribution in [-0.2, 0) is 0 Å². The molecule has 0 atom stereocenters. The molecular formula is C12H8ClN3S2. The van der Waals surface area contributed by atoms with Gasteiger partial charge in [0.15, 0.2) is 5.13 Å². The third-order valence-electron chi connectivity index (χ3n) is 2.37. The van der Waals surface area contributed by atoms with Gasteiger partial charge in [-0.1, -0.05) is 23.7 Å². The second-order valence-electron chi connectivity index (χ2n) is 3.61. The molecule has 0 bridgehead atoms. The van der Waals surface area contributed by atoms with Crippen LogP contribution in [0, 0.1) is 0 Å². The zero-order valence-electron chi connectivity index (χ0n) is 9.13. The molecule has 3 aromatic rings. The number of hydrogen-bond donors (Lipinski definition) is 1. The van der Waals surface area contributed by atoms with Crippen molar-refractivity contribution in [1.82, 2.24) is 9.97 Å². The number of rotatable bonds is 2. The molecule has 0 fully saturated rings. The van der Waals surface area contributed by atoms with Crippen LogP contribution in [0.25, 0.3) is 21.1 Å². The Kier molecular flexibility index (Phi) is 3.03. The van der Waals surface area contributed by atoms with Gasteiger partial charge in [-0.2, -0.15) is 0 Å². The second-order valence-corrected chi connectivity index (χ2v) is 5.96. The van der Waals surface area contributed by atoms with E-state index in [2.05, 4.69) is 9.97 Å². The lowest BCUT2D eigenvalue weighted by atomic mass is 10.2. The fourth-order valence-corrected chi connectivity index (χ4v) is 3.17. The summed E-state index contributed by atoms with van der Waals surface area (Å²) in [5, 5.41) is 4.19. The Labute approximate surface area is 117 Å². The Balaban J connectivity index is 1.96. The van der Waals surface area contributed by atoms with E-state index in [4.69, 9.17) is 17.3 Å². The summed E-state index contributed by atoms with van der Waals surface area (Å²) in [7, 11) is 0. The van der Waals surface area contributed by atoms with Gasteiger partial charge in [0.1, 0.15) is 5.01 Å². The van der Waals surface area contributed by atoms with Crippen LogP contribution in [0.4, 0.5) is 5.13 Å². The first kappa shape index (κ1) is 11.6. The lowest BCUT2D eigenvalue weighted by molar-refractivity contribution is 1.39. The van der Waals surface area contributed by atoms with Crippen LogP contribution in [0.3, 0.4) is 0 Å². The van der Waals surface area contributed by atoms with Crippen molar-refractivity contribution in [3.05, 3.63) is 40.9 Å². The summed E-state index contributed by atoms with van der Waals surface area (Å²) in [6, 6.07) is 7.64. The van der Waals surface area contributed by atoms with Crippen LogP contribution >= 0.6 is 34.3 Å². The standard InChI is InChI=1S/C12H8ClN3S2/c13-8-3-1-7(2-4-8)11-15-5-10(18-11)9-6-17-12(14)16-9/h1-6H,(H2,14,16). The number of thiazole rings is 2. The number of halogens is 1. The van der Waals surface area contributed by atoms with Gasteiger partial charge in [0.25, 0.3) is 0 Å². The highest BCUT2D eigenvalue weighted by molar-refractivity contribution is 7.19. The van der Waals surface area contributed by atoms with Gasteiger partial charge in [-0.05, 0) is 12.1 Å². The van der Waals surface area contributed by atoms with Crippen LogP contribution in [0.5, 0.6) is 0 Å². The van der Waals surface area contributed by atoms with E-state index >= 15 is 0 Å². The van der Waals surface area contributed by atoms with Crippen molar-refractivity contribution in [2.75, 3.05) is 5.73 Å². The summed E-state index contributed by atoms with van der Waals surface area (Å²) < 4.78 is 0. The van der Waals surface area contributed by atoms with E-state index < -0.39 is 0 Å². The van der Waals surface area contributed by atoms with E-state index in [0.717, 1.165) is 26.2 Å². The number of nitrogen functional groups attached to an aromatic ring is 1. The predicted octanol–water partition coefficient (Wildman–Crippen LogP) is 4.17. The number of hydrogen-bond acceptors (Lipinski definition) is 5. The molecule has 2 aromatic heterocycles. The lowest BCUT2D eigenvalue weighted by Gasteiger charge is -1.95. The minimum Gasteiger partial charge on any atom is -0.375 e. The number of nitrogens with zero attached hydrogens (tertiary/aromatic N) is 2. The van der Waals surface area contributed by atoms with Gasteiger partial charge in [-0.15, -0.1) is 22.7 Å². The van der Waals surface area contributed by atoms with Gasteiger partial charge >= 0.3 is 0 Å². The number of benzene rings is 1. The van der Waals surface area contributed by atoms with E-state index in [1.165, 1.54) is 11.3 Å². The maximum Gasteiger partial charge on any atom is 0.180 e. The molecule has 0 aliphatic rings. The SMILES string of the molecule is Nc1nc(-c2cnc(-c3ccc(Cl)cc3)s2)cs1. The fourth-order valence-electron chi connectivity index (χ4n) is 1.52. The summed E-state index contributed by atoms with van der Waals surface area (Å²) in [4.78, 5) is 9.67. The van der Waals surface area contributed by atoms with Gasteiger partial charge < -0.3 is 5.73 Å². The molecule has 0 saturated heterocycles.